The van der Waals surface area contributed by atoms with Crippen molar-refractivity contribution in [2.45, 2.75) is 90.0 Å². The Bertz CT molecular complexity index is 1010. The minimum absolute atomic E-state index is 0.416. The first-order valence-electron chi connectivity index (χ1n) is 13.9. The highest BCUT2D eigenvalue weighted by Crippen LogP contribution is 2.42. The fourth-order valence-corrected chi connectivity index (χ4v) is 6.45. The maximum Gasteiger partial charge on any atom is 0.151 e. The summed E-state index contributed by atoms with van der Waals surface area (Å²) in [5.41, 5.74) is 1.88. The topological polar surface area (TPSA) is 81.0 Å². The molecule has 2 saturated heterocycles. The lowest BCUT2D eigenvalue weighted by Gasteiger charge is -2.45. The van der Waals surface area contributed by atoms with E-state index in [9.17, 15) is 0 Å². The second kappa shape index (κ2) is 9.43. The molecule has 1 N–H and O–H groups in total. The molecule has 0 aromatic carbocycles. The number of nitrogens with zero attached hydrogens (tertiary/aromatic N) is 6. The van der Waals surface area contributed by atoms with Gasteiger partial charge in [0, 0.05) is 37.6 Å². The van der Waals surface area contributed by atoms with Gasteiger partial charge in [-0.2, -0.15) is 10.2 Å². The van der Waals surface area contributed by atoms with Gasteiger partial charge in [0.25, 0.3) is 0 Å². The number of ether oxygens (including phenoxy) is 1. The van der Waals surface area contributed by atoms with E-state index in [-0.39, 0.29) is 0 Å². The van der Waals surface area contributed by atoms with Crippen LogP contribution in [0.5, 0.6) is 0 Å². The smallest absolute Gasteiger partial charge is 0.151 e. The summed E-state index contributed by atoms with van der Waals surface area (Å²) in [7, 11) is 0. The zero-order chi connectivity index (χ0) is 23.9. The summed E-state index contributed by atoms with van der Waals surface area (Å²) in [6.07, 6.45) is 13.9. The van der Waals surface area contributed by atoms with E-state index in [0.717, 1.165) is 42.8 Å². The molecule has 2 saturated carbocycles. The second-order valence-corrected chi connectivity index (χ2v) is 12.0. The summed E-state index contributed by atoms with van der Waals surface area (Å²) < 4.78 is 7.71. The summed E-state index contributed by atoms with van der Waals surface area (Å²) in [6, 6.07) is 2.55. The van der Waals surface area contributed by atoms with Crippen LogP contribution in [0.2, 0.25) is 0 Å². The van der Waals surface area contributed by atoms with Gasteiger partial charge in [-0.25, -0.2) is 9.67 Å². The molecule has 35 heavy (non-hydrogen) atoms. The van der Waals surface area contributed by atoms with Gasteiger partial charge in [-0.05, 0) is 81.7 Å². The van der Waals surface area contributed by atoms with Crippen molar-refractivity contribution in [2.24, 2.45) is 10.8 Å². The number of aromatic nitrogens is 5. The van der Waals surface area contributed by atoms with Crippen molar-refractivity contribution in [3.8, 4) is 5.69 Å². The van der Waals surface area contributed by atoms with Crippen LogP contribution in [0.1, 0.15) is 89.2 Å². The number of nitrogens with one attached hydrogen (secondary N) is 1. The number of aryl methyl sites for hydroxylation is 1. The summed E-state index contributed by atoms with van der Waals surface area (Å²) in [5, 5.41) is 17.1. The van der Waals surface area contributed by atoms with Gasteiger partial charge in [-0.15, -0.1) is 5.10 Å². The zero-order valence-electron chi connectivity index (χ0n) is 21.5. The largest absolute Gasteiger partial charge is 0.381 e. The van der Waals surface area contributed by atoms with Crippen LogP contribution >= 0.6 is 0 Å². The average molecular weight is 480 g/mol. The predicted octanol–water partition coefficient (Wildman–Crippen LogP) is 4.36. The molecule has 6 rings (SSSR count). The lowest BCUT2D eigenvalue weighted by molar-refractivity contribution is 0.0461. The van der Waals surface area contributed by atoms with Crippen LogP contribution in [0, 0.1) is 10.8 Å². The van der Waals surface area contributed by atoms with Crippen LogP contribution in [-0.2, 0) is 11.2 Å². The summed E-state index contributed by atoms with van der Waals surface area (Å²) >= 11 is 0. The molecule has 2 aromatic heterocycles. The van der Waals surface area contributed by atoms with Gasteiger partial charge in [0.15, 0.2) is 11.6 Å². The summed E-state index contributed by atoms with van der Waals surface area (Å²) in [4.78, 5) is 7.50. The number of rotatable bonds is 7. The molecule has 2 aliphatic heterocycles. The van der Waals surface area contributed by atoms with Crippen molar-refractivity contribution in [1.82, 2.24) is 29.9 Å². The third-order valence-electron chi connectivity index (χ3n) is 9.07. The van der Waals surface area contributed by atoms with Crippen LogP contribution in [0.3, 0.4) is 0 Å². The van der Waals surface area contributed by atoms with Crippen molar-refractivity contribution < 1.29 is 4.74 Å². The monoisotopic (exact) mass is 479 g/mol. The molecule has 0 radical (unpaired) electrons. The highest BCUT2D eigenvalue weighted by Gasteiger charge is 2.40. The average Bonchev–Trinajstić information content (AvgIpc) is 3.46. The first-order chi connectivity index (χ1) is 17.0. The van der Waals surface area contributed by atoms with Gasteiger partial charge in [0.05, 0.1) is 18.5 Å². The van der Waals surface area contributed by atoms with Crippen molar-refractivity contribution in [3.63, 3.8) is 0 Å². The molecule has 190 valence electrons. The standard InChI is InChI=1S/C27H41N7O/c1-3-23-30-25(20-4-5-20)34(32-23)22-16-24(31-28-17-22)29-21-6-8-26(2,9-7-21)18-33-13-10-27(11-14-33)12-15-35-19-27/h16-17,20-21H,3-15,18-19H2,1-2H3,(H,29,31). The van der Waals surface area contributed by atoms with Crippen LogP contribution < -0.4 is 5.32 Å². The van der Waals surface area contributed by atoms with Gasteiger partial charge < -0.3 is 15.0 Å². The highest BCUT2D eigenvalue weighted by molar-refractivity contribution is 5.44. The molecule has 0 amide bonds. The molecule has 2 aliphatic carbocycles. The Labute approximate surface area is 209 Å². The van der Waals surface area contributed by atoms with E-state index in [1.807, 2.05) is 10.9 Å². The Morgan fingerprint density at radius 2 is 1.89 bits per heavy atom. The molecule has 0 bridgehead atoms. The maximum atomic E-state index is 5.72. The minimum atomic E-state index is 0.416. The van der Waals surface area contributed by atoms with Crippen LogP contribution in [0.4, 0.5) is 5.82 Å². The van der Waals surface area contributed by atoms with Gasteiger partial charge in [-0.1, -0.05) is 13.8 Å². The molecule has 0 atom stereocenters. The molecule has 8 heteroatoms. The van der Waals surface area contributed by atoms with Crippen molar-refractivity contribution in [1.29, 1.82) is 0 Å². The summed E-state index contributed by atoms with van der Waals surface area (Å²) in [5.74, 6) is 3.38. The van der Waals surface area contributed by atoms with Crippen molar-refractivity contribution in [2.75, 3.05) is 38.2 Å². The molecular formula is C27H41N7O. The Balaban J connectivity index is 1.04. The van der Waals surface area contributed by atoms with Crippen molar-refractivity contribution >= 4 is 5.82 Å². The molecule has 4 fully saturated rings. The first kappa shape index (κ1) is 23.3. The first-order valence-corrected chi connectivity index (χ1v) is 13.9. The Kier molecular flexibility index (Phi) is 6.29. The van der Waals surface area contributed by atoms with Gasteiger partial charge in [0.1, 0.15) is 5.82 Å². The molecule has 1 spiro atoms. The number of anilines is 1. The predicted molar refractivity (Wildman–Crippen MR) is 136 cm³/mol. The lowest BCUT2D eigenvalue weighted by atomic mass is 9.72. The molecule has 2 aromatic rings. The van der Waals surface area contributed by atoms with E-state index in [1.165, 1.54) is 77.4 Å². The number of piperidine rings is 1. The zero-order valence-corrected chi connectivity index (χ0v) is 21.5. The van der Waals surface area contributed by atoms with E-state index >= 15 is 0 Å². The highest BCUT2D eigenvalue weighted by atomic mass is 16.5. The fraction of sp³-hybridized carbons (Fsp3) is 0.778. The molecule has 8 nitrogen and oxygen atoms in total. The fourth-order valence-electron chi connectivity index (χ4n) is 6.45. The van der Waals surface area contributed by atoms with Gasteiger partial charge in [0.2, 0.25) is 0 Å². The Morgan fingerprint density at radius 3 is 2.57 bits per heavy atom. The van der Waals surface area contributed by atoms with Gasteiger partial charge in [-0.3, -0.25) is 0 Å². The number of hydrogen-bond donors (Lipinski definition) is 1. The van der Waals surface area contributed by atoms with Crippen molar-refractivity contribution in [3.05, 3.63) is 23.9 Å². The third kappa shape index (κ3) is 5.10. The lowest BCUT2D eigenvalue weighted by Crippen LogP contribution is -2.46. The number of hydrogen-bond acceptors (Lipinski definition) is 7. The van der Waals surface area contributed by atoms with E-state index in [2.05, 4.69) is 40.3 Å². The quantitative estimate of drug-likeness (QED) is 0.632. The Morgan fingerprint density at radius 1 is 1.09 bits per heavy atom. The summed E-state index contributed by atoms with van der Waals surface area (Å²) in [6.45, 7) is 10.3. The molecule has 4 aliphatic rings. The second-order valence-electron chi connectivity index (χ2n) is 12.0. The van der Waals surface area contributed by atoms with Crippen LogP contribution in [0.15, 0.2) is 12.3 Å². The van der Waals surface area contributed by atoms with Crippen LogP contribution in [-0.4, -0.2) is 68.8 Å². The normalized spacial score (nSPS) is 29.0. The SMILES string of the molecule is CCc1nc(C2CC2)n(-c2cnnc(NC3CCC(C)(CN4CCC5(CCOC5)CC4)CC3)c2)n1. The molecular weight excluding hydrogens is 438 g/mol. The molecule has 4 heterocycles. The minimum Gasteiger partial charge on any atom is -0.381 e. The third-order valence-corrected chi connectivity index (χ3v) is 9.07. The van der Waals surface area contributed by atoms with E-state index < -0.39 is 0 Å². The Hall–Kier alpha value is -2.06. The molecule has 0 unspecified atom stereocenters. The number of likely N-dealkylation sites (tertiary alicyclic amines) is 1. The van der Waals surface area contributed by atoms with E-state index in [1.54, 1.807) is 0 Å². The van der Waals surface area contributed by atoms with Gasteiger partial charge >= 0.3 is 0 Å². The van der Waals surface area contributed by atoms with E-state index in [0.29, 0.717) is 22.8 Å². The maximum absolute atomic E-state index is 5.72. The van der Waals surface area contributed by atoms with E-state index in [4.69, 9.17) is 14.8 Å². The van der Waals surface area contributed by atoms with Crippen LogP contribution in [0.25, 0.3) is 5.69 Å².